The number of hydrogen-bond donors (Lipinski definition) is 1. The number of benzene rings is 2. The second-order valence-electron chi connectivity index (χ2n) is 5.02. The van der Waals surface area contributed by atoms with Crippen molar-refractivity contribution in [2.75, 3.05) is 11.9 Å². The Labute approximate surface area is 154 Å². The van der Waals surface area contributed by atoms with Crippen LogP contribution in [0.3, 0.4) is 0 Å². The summed E-state index contributed by atoms with van der Waals surface area (Å²) in [6, 6.07) is 4.58. The Bertz CT molecular complexity index is 1020. The maximum absolute atomic E-state index is 13.6. The van der Waals surface area contributed by atoms with E-state index in [9.17, 15) is 18.0 Å². The van der Waals surface area contributed by atoms with Crippen LogP contribution in [-0.2, 0) is 4.79 Å². The molecule has 0 atom stereocenters. The third-order valence-corrected chi connectivity index (χ3v) is 3.78. The molecule has 2 aromatic carbocycles. The molecule has 3 rings (SSSR count). The average Bonchev–Trinajstić information content (AvgIpc) is 2.60. The van der Waals surface area contributed by atoms with Crippen LogP contribution in [-0.4, -0.2) is 22.5 Å². The molecule has 1 aromatic heterocycles. The topological polar surface area (TPSA) is 64.1 Å². The number of nitrogens with one attached hydrogen (secondary N) is 1. The molecular weight excluding hydrogens is 394 g/mol. The fourth-order valence-electron chi connectivity index (χ4n) is 2.13. The van der Waals surface area contributed by atoms with Gasteiger partial charge in [0.1, 0.15) is 6.33 Å². The first-order valence-corrected chi connectivity index (χ1v) is 7.78. The standard InChI is InChI=1S/C16H8Cl2F3N3O2/c17-7-3-8-15(9(18)4-7)22-6-23-16(8)26-5-12(25)24-11-2-1-10(19)13(20)14(11)21/h1-4,6H,5H2,(H,24,25). The van der Waals surface area contributed by atoms with Crippen molar-refractivity contribution in [3.63, 3.8) is 0 Å². The van der Waals surface area contributed by atoms with E-state index < -0.39 is 35.7 Å². The van der Waals surface area contributed by atoms with Crippen LogP contribution in [0.2, 0.25) is 10.0 Å². The molecule has 1 N–H and O–H groups in total. The SMILES string of the molecule is O=C(COc1ncnc2c(Cl)cc(Cl)cc12)Nc1ccc(F)c(F)c1F. The third kappa shape index (κ3) is 3.66. The van der Waals surface area contributed by atoms with Crippen molar-refractivity contribution in [1.82, 2.24) is 9.97 Å². The largest absolute Gasteiger partial charge is 0.467 e. The summed E-state index contributed by atoms with van der Waals surface area (Å²) in [5, 5.41) is 3.04. The van der Waals surface area contributed by atoms with Gasteiger partial charge in [-0.1, -0.05) is 23.2 Å². The lowest BCUT2D eigenvalue weighted by Crippen LogP contribution is -2.21. The monoisotopic (exact) mass is 401 g/mol. The lowest BCUT2D eigenvalue weighted by Gasteiger charge is -2.10. The number of aromatic nitrogens is 2. The Morgan fingerprint density at radius 2 is 1.88 bits per heavy atom. The molecule has 26 heavy (non-hydrogen) atoms. The molecule has 0 radical (unpaired) electrons. The van der Waals surface area contributed by atoms with E-state index in [1.807, 2.05) is 0 Å². The Morgan fingerprint density at radius 1 is 1.12 bits per heavy atom. The van der Waals surface area contributed by atoms with Crippen molar-refractivity contribution >= 4 is 45.7 Å². The van der Waals surface area contributed by atoms with Gasteiger partial charge in [0.25, 0.3) is 5.91 Å². The highest BCUT2D eigenvalue weighted by Gasteiger charge is 2.16. The van der Waals surface area contributed by atoms with E-state index in [-0.39, 0.29) is 10.9 Å². The molecule has 5 nitrogen and oxygen atoms in total. The van der Waals surface area contributed by atoms with Gasteiger partial charge in [-0.25, -0.2) is 23.1 Å². The van der Waals surface area contributed by atoms with Crippen molar-refractivity contribution in [3.05, 3.63) is 58.1 Å². The Morgan fingerprint density at radius 3 is 2.65 bits per heavy atom. The van der Waals surface area contributed by atoms with Crippen LogP contribution in [0.5, 0.6) is 5.88 Å². The van der Waals surface area contributed by atoms with Crippen molar-refractivity contribution in [3.8, 4) is 5.88 Å². The number of carbonyl (C=O) groups excluding carboxylic acids is 1. The first-order valence-electron chi connectivity index (χ1n) is 7.02. The molecule has 0 aliphatic heterocycles. The van der Waals surface area contributed by atoms with Crippen molar-refractivity contribution in [2.45, 2.75) is 0 Å². The fraction of sp³-hybridized carbons (Fsp3) is 0.0625. The lowest BCUT2D eigenvalue weighted by molar-refractivity contribution is -0.118. The first-order chi connectivity index (χ1) is 12.4. The van der Waals surface area contributed by atoms with Crippen molar-refractivity contribution in [2.24, 2.45) is 0 Å². The van der Waals surface area contributed by atoms with E-state index >= 15 is 0 Å². The maximum Gasteiger partial charge on any atom is 0.262 e. The lowest BCUT2D eigenvalue weighted by atomic mass is 10.2. The number of carbonyl (C=O) groups is 1. The molecule has 10 heteroatoms. The van der Waals surface area contributed by atoms with E-state index in [4.69, 9.17) is 27.9 Å². The zero-order chi connectivity index (χ0) is 18.8. The molecule has 0 aliphatic rings. The number of amides is 1. The molecule has 0 saturated carbocycles. The van der Waals surface area contributed by atoms with Gasteiger partial charge in [-0.2, -0.15) is 0 Å². The van der Waals surface area contributed by atoms with E-state index in [0.29, 0.717) is 22.0 Å². The molecular formula is C16H8Cl2F3N3O2. The maximum atomic E-state index is 13.6. The number of hydrogen-bond acceptors (Lipinski definition) is 4. The van der Waals surface area contributed by atoms with Gasteiger partial charge in [-0.3, -0.25) is 4.79 Å². The molecule has 0 aliphatic carbocycles. The van der Waals surface area contributed by atoms with Gasteiger partial charge in [0.15, 0.2) is 24.1 Å². The van der Waals surface area contributed by atoms with Gasteiger partial charge in [0.05, 0.1) is 21.6 Å². The summed E-state index contributed by atoms with van der Waals surface area (Å²) in [5.74, 6) is -5.34. The van der Waals surface area contributed by atoms with Gasteiger partial charge >= 0.3 is 0 Å². The van der Waals surface area contributed by atoms with Gasteiger partial charge in [-0.15, -0.1) is 0 Å². The molecule has 0 unspecified atom stereocenters. The van der Waals surface area contributed by atoms with Crippen molar-refractivity contribution < 1.29 is 22.7 Å². The molecule has 0 fully saturated rings. The van der Waals surface area contributed by atoms with E-state index in [1.54, 1.807) is 0 Å². The zero-order valence-corrected chi connectivity index (χ0v) is 14.2. The Balaban J connectivity index is 1.76. The number of rotatable bonds is 4. The number of halogens is 5. The Kier molecular flexibility index (Phi) is 5.15. The predicted octanol–water partition coefficient (Wildman–Crippen LogP) is 4.37. The van der Waals surface area contributed by atoms with Gasteiger partial charge < -0.3 is 10.1 Å². The second-order valence-corrected chi connectivity index (χ2v) is 5.87. The van der Waals surface area contributed by atoms with Crippen LogP contribution in [0.25, 0.3) is 10.9 Å². The molecule has 1 heterocycles. The summed E-state index contributed by atoms with van der Waals surface area (Å²) in [6.07, 6.45) is 1.18. The minimum atomic E-state index is -1.69. The summed E-state index contributed by atoms with van der Waals surface area (Å²) in [4.78, 5) is 19.8. The summed E-state index contributed by atoms with van der Waals surface area (Å²) < 4.78 is 44.9. The Hall–Kier alpha value is -2.58. The second kappa shape index (κ2) is 7.35. The molecule has 0 spiro atoms. The summed E-state index contributed by atoms with van der Waals surface area (Å²) in [6.45, 7) is -0.575. The van der Waals surface area contributed by atoms with E-state index in [0.717, 1.165) is 6.07 Å². The molecule has 1 amide bonds. The minimum Gasteiger partial charge on any atom is -0.467 e. The number of anilines is 1. The highest BCUT2D eigenvalue weighted by atomic mass is 35.5. The number of fused-ring (bicyclic) bond motifs is 1. The van der Waals surface area contributed by atoms with E-state index in [1.165, 1.54) is 18.5 Å². The molecule has 3 aromatic rings. The molecule has 0 bridgehead atoms. The number of ether oxygens (including phenoxy) is 1. The van der Waals surface area contributed by atoms with Crippen LogP contribution in [0, 0.1) is 17.5 Å². The minimum absolute atomic E-state index is 0.0281. The van der Waals surface area contributed by atoms with Crippen LogP contribution >= 0.6 is 23.2 Å². The summed E-state index contributed by atoms with van der Waals surface area (Å²) in [7, 11) is 0. The predicted molar refractivity (Wildman–Crippen MR) is 90.0 cm³/mol. The average molecular weight is 402 g/mol. The van der Waals surface area contributed by atoms with Crippen LogP contribution in [0.4, 0.5) is 18.9 Å². The van der Waals surface area contributed by atoms with Crippen LogP contribution < -0.4 is 10.1 Å². The smallest absolute Gasteiger partial charge is 0.262 e. The van der Waals surface area contributed by atoms with Gasteiger partial charge in [-0.05, 0) is 24.3 Å². The van der Waals surface area contributed by atoms with E-state index in [2.05, 4.69) is 15.3 Å². The number of nitrogens with zero attached hydrogens (tertiary/aromatic N) is 2. The highest BCUT2D eigenvalue weighted by molar-refractivity contribution is 6.38. The fourth-order valence-corrected chi connectivity index (χ4v) is 2.67. The summed E-state index contributed by atoms with van der Waals surface area (Å²) in [5.41, 5.74) is -0.149. The van der Waals surface area contributed by atoms with Crippen molar-refractivity contribution in [1.29, 1.82) is 0 Å². The quantitative estimate of drug-likeness (QED) is 0.659. The highest BCUT2D eigenvalue weighted by Crippen LogP contribution is 2.30. The van der Waals surface area contributed by atoms with Crippen LogP contribution in [0.15, 0.2) is 30.6 Å². The normalized spacial score (nSPS) is 10.8. The van der Waals surface area contributed by atoms with Gasteiger partial charge in [0.2, 0.25) is 5.88 Å². The van der Waals surface area contributed by atoms with Crippen LogP contribution in [0.1, 0.15) is 0 Å². The third-order valence-electron chi connectivity index (χ3n) is 3.27. The molecule has 0 saturated heterocycles. The molecule has 134 valence electrons. The first kappa shape index (κ1) is 18.2. The summed E-state index contributed by atoms with van der Waals surface area (Å²) >= 11 is 12.0. The van der Waals surface area contributed by atoms with Gasteiger partial charge in [0, 0.05) is 5.02 Å². The zero-order valence-electron chi connectivity index (χ0n) is 12.7.